The lowest BCUT2D eigenvalue weighted by Gasteiger charge is -2.41. The van der Waals surface area contributed by atoms with Crippen molar-refractivity contribution in [2.75, 3.05) is 0 Å². The van der Waals surface area contributed by atoms with Crippen molar-refractivity contribution in [2.24, 2.45) is 5.41 Å². The van der Waals surface area contributed by atoms with Crippen LogP contribution in [-0.2, 0) is 9.59 Å². The minimum absolute atomic E-state index is 0.119. The van der Waals surface area contributed by atoms with E-state index < -0.39 is 23.0 Å². The van der Waals surface area contributed by atoms with E-state index in [0.29, 0.717) is 0 Å². The van der Waals surface area contributed by atoms with Crippen LogP contribution in [0.1, 0.15) is 61.8 Å². The number of nitrogens with one attached hydrogen (secondary N) is 2. The smallest absolute Gasteiger partial charge is 0.310 e. The van der Waals surface area contributed by atoms with E-state index in [1.165, 1.54) is 0 Å². The molecule has 0 bridgehead atoms. The highest BCUT2D eigenvalue weighted by Gasteiger charge is 2.44. The molecule has 0 spiro atoms. The van der Waals surface area contributed by atoms with Crippen LogP contribution in [0.25, 0.3) is 0 Å². The molecule has 1 unspecified atom stereocenters. The molecule has 0 radical (unpaired) electrons. The summed E-state index contributed by atoms with van der Waals surface area (Å²) in [5.41, 5.74) is -1.97. The predicted molar refractivity (Wildman–Crippen MR) is 80.6 cm³/mol. The van der Waals surface area contributed by atoms with Crippen LogP contribution in [0.15, 0.2) is 0 Å². The first kappa shape index (κ1) is 18.9. The van der Waals surface area contributed by atoms with Crippen molar-refractivity contribution >= 4 is 11.9 Å². The molecule has 0 saturated heterocycles. The van der Waals surface area contributed by atoms with Crippen molar-refractivity contribution in [3.05, 3.63) is 0 Å². The molecule has 118 valence electrons. The van der Waals surface area contributed by atoms with Gasteiger partial charge in [-0.3, -0.25) is 14.9 Å². The molecular weight excluding hydrogens is 256 g/mol. The third-order valence-corrected chi connectivity index (χ3v) is 4.41. The van der Waals surface area contributed by atoms with Gasteiger partial charge >= 0.3 is 5.97 Å². The summed E-state index contributed by atoms with van der Waals surface area (Å²) in [6, 6.07) is -0.463. The first-order valence-corrected chi connectivity index (χ1v) is 7.10. The van der Waals surface area contributed by atoms with Crippen LogP contribution in [0, 0.1) is 5.41 Å². The van der Waals surface area contributed by atoms with Crippen molar-refractivity contribution in [1.82, 2.24) is 10.6 Å². The third kappa shape index (κ3) is 4.47. The topological polar surface area (TPSA) is 78.4 Å². The van der Waals surface area contributed by atoms with E-state index in [0.717, 1.165) is 6.42 Å². The number of hydrogen-bond acceptors (Lipinski definition) is 3. The molecule has 0 fully saturated rings. The summed E-state index contributed by atoms with van der Waals surface area (Å²) < 4.78 is 0. The lowest BCUT2D eigenvalue weighted by molar-refractivity contribution is -0.151. The Labute approximate surface area is 122 Å². The highest BCUT2D eigenvalue weighted by atomic mass is 16.4. The summed E-state index contributed by atoms with van der Waals surface area (Å²) >= 11 is 0. The minimum atomic E-state index is -0.984. The van der Waals surface area contributed by atoms with Crippen molar-refractivity contribution in [2.45, 2.75) is 78.9 Å². The van der Waals surface area contributed by atoms with Crippen LogP contribution < -0.4 is 10.6 Å². The van der Waals surface area contributed by atoms with Crippen LogP contribution in [0.2, 0.25) is 0 Å². The molecule has 0 aromatic carbocycles. The maximum atomic E-state index is 12.2. The maximum Gasteiger partial charge on any atom is 0.310 e. The van der Waals surface area contributed by atoms with Gasteiger partial charge in [-0.1, -0.05) is 6.92 Å². The summed E-state index contributed by atoms with van der Waals surface area (Å²) in [4.78, 5) is 23.5. The first-order valence-electron chi connectivity index (χ1n) is 7.10. The van der Waals surface area contributed by atoms with E-state index in [1.54, 1.807) is 34.6 Å². The molecule has 0 heterocycles. The quantitative estimate of drug-likeness (QED) is 0.670. The lowest BCUT2D eigenvalue weighted by Crippen LogP contribution is -2.61. The van der Waals surface area contributed by atoms with E-state index in [4.69, 9.17) is 0 Å². The zero-order chi connectivity index (χ0) is 16.4. The van der Waals surface area contributed by atoms with Crippen LogP contribution in [0.3, 0.4) is 0 Å². The van der Waals surface area contributed by atoms with Crippen LogP contribution in [-0.4, -0.2) is 34.1 Å². The molecule has 20 heavy (non-hydrogen) atoms. The van der Waals surface area contributed by atoms with E-state index in [9.17, 15) is 14.7 Å². The van der Waals surface area contributed by atoms with Gasteiger partial charge in [0, 0.05) is 11.1 Å². The fourth-order valence-corrected chi connectivity index (χ4v) is 1.58. The van der Waals surface area contributed by atoms with Crippen LogP contribution in [0.5, 0.6) is 0 Å². The van der Waals surface area contributed by atoms with E-state index >= 15 is 0 Å². The zero-order valence-corrected chi connectivity index (χ0v) is 14.0. The minimum Gasteiger partial charge on any atom is -0.481 e. The average Bonchev–Trinajstić information content (AvgIpc) is 2.27. The number of amides is 1. The molecule has 3 N–H and O–H groups in total. The molecule has 0 aliphatic carbocycles. The molecule has 1 atom stereocenters. The monoisotopic (exact) mass is 286 g/mol. The molecule has 0 aromatic rings. The van der Waals surface area contributed by atoms with Gasteiger partial charge in [-0.05, 0) is 54.9 Å². The van der Waals surface area contributed by atoms with Gasteiger partial charge in [-0.2, -0.15) is 0 Å². The van der Waals surface area contributed by atoms with E-state index in [2.05, 4.69) is 10.6 Å². The normalized spacial score (nSPS) is 14.8. The molecule has 0 rings (SSSR count). The third-order valence-electron chi connectivity index (χ3n) is 4.41. The van der Waals surface area contributed by atoms with Crippen molar-refractivity contribution < 1.29 is 14.7 Å². The Hall–Kier alpha value is -1.10. The highest BCUT2D eigenvalue weighted by molar-refractivity contribution is 5.82. The van der Waals surface area contributed by atoms with Crippen LogP contribution in [0.4, 0.5) is 0 Å². The molecule has 0 aromatic heterocycles. The number of rotatable bonds is 7. The van der Waals surface area contributed by atoms with E-state index in [1.807, 2.05) is 20.8 Å². The summed E-state index contributed by atoms with van der Waals surface area (Å²) in [5, 5.41) is 15.4. The Morgan fingerprint density at radius 2 is 1.55 bits per heavy atom. The Morgan fingerprint density at radius 1 is 1.10 bits per heavy atom. The second-order valence-electron chi connectivity index (χ2n) is 7.15. The van der Waals surface area contributed by atoms with Crippen molar-refractivity contribution in [1.29, 1.82) is 0 Å². The highest BCUT2D eigenvalue weighted by Crippen LogP contribution is 2.31. The van der Waals surface area contributed by atoms with Gasteiger partial charge in [0.2, 0.25) is 5.91 Å². The molecule has 5 nitrogen and oxygen atoms in total. The Balaban J connectivity index is 4.87. The Kier molecular flexibility index (Phi) is 5.78. The summed E-state index contributed by atoms with van der Waals surface area (Å²) in [6.07, 6.45) is 0.829. The zero-order valence-electron chi connectivity index (χ0n) is 14.0. The van der Waals surface area contributed by atoms with Crippen molar-refractivity contribution in [3.63, 3.8) is 0 Å². The van der Waals surface area contributed by atoms with Gasteiger partial charge in [0.15, 0.2) is 0 Å². The number of hydrogen-bond donors (Lipinski definition) is 3. The standard InChI is InChI=1S/C15H30N2O3/c1-9-13(3,4)17-11(18)10(2)16-15(7,8)14(5,6)12(19)20/h10,16H,9H2,1-8H3,(H,17,18)(H,19,20). The van der Waals surface area contributed by atoms with Gasteiger partial charge in [-0.25, -0.2) is 0 Å². The van der Waals surface area contributed by atoms with Gasteiger partial charge in [-0.15, -0.1) is 0 Å². The summed E-state index contributed by atoms with van der Waals surface area (Å²) in [6.45, 7) is 14.6. The molecule has 1 amide bonds. The largest absolute Gasteiger partial charge is 0.481 e. The number of carbonyl (C=O) groups is 2. The second-order valence-corrected chi connectivity index (χ2v) is 7.15. The molecule has 0 saturated carbocycles. The number of carboxylic acids is 1. The van der Waals surface area contributed by atoms with Gasteiger partial charge in [0.05, 0.1) is 11.5 Å². The predicted octanol–water partition coefficient (Wildman–Crippen LogP) is 2.16. The number of aliphatic carboxylic acids is 1. The van der Waals surface area contributed by atoms with Gasteiger partial charge < -0.3 is 10.4 Å². The lowest BCUT2D eigenvalue weighted by atomic mass is 9.74. The molecule has 0 aliphatic rings. The maximum absolute atomic E-state index is 12.2. The fourth-order valence-electron chi connectivity index (χ4n) is 1.58. The van der Waals surface area contributed by atoms with Gasteiger partial charge in [0.1, 0.15) is 0 Å². The van der Waals surface area contributed by atoms with Gasteiger partial charge in [0.25, 0.3) is 0 Å². The summed E-state index contributed by atoms with van der Waals surface area (Å²) in [7, 11) is 0. The Morgan fingerprint density at radius 3 is 1.90 bits per heavy atom. The summed E-state index contributed by atoms with van der Waals surface area (Å²) in [5.74, 6) is -1.01. The fraction of sp³-hybridized carbons (Fsp3) is 0.867. The van der Waals surface area contributed by atoms with Crippen LogP contribution >= 0.6 is 0 Å². The van der Waals surface area contributed by atoms with Crippen molar-refractivity contribution in [3.8, 4) is 0 Å². The SMILES string of the molecule is CCC(C)(C)NC(=O)C(C)NC(C)(C)C(C)(C)C(=O)O. The molecule has 5 heteroatoms. The van der Waals surface area contributed by atoms with E-state index in [-0.39, 0.29) is 11.4 Å². The average molecular weight is 286 g/mol. The Bertz CT molecular complexity index is 373. The number of carboxylic acid groups (broad SMARTS) is 1. The first-order chi connectivity index (χ1) is 8.77. The molecular formula is C15H30N2O3. The molecule has 0 aliphatic heterocycles. The second kappa shape index (κ2) is 6.12. The number of carbonyl (C=O) groups excluding carboxylic acids is 1.